The third-order valence-electron chi connectivity index (χ3n) is 5.55. The van der Waals surface area contributed by atoms with Crippen LogP contribution in [0.4, 0.5) is 17.1 Å². The standard InChI is InChI=1S/C23H22N2O6S/c1-24-19-10-9-17(25(32(28)29)18-6-4-5-7-20(18)30-2)15-12-14(8-11-21(26)31-3)13-16(22(15)19)23(24)27/h4-7,9-10,12-13H,8,11H2,1-3H3,(H,28,29). The lowest BCUT2D eigenvalue weighted by atomic mass is 9.97. The number of aryl methyl sites for hydroxylation is 1. The van der Waals surface area contributed by atoms with Crippen LogP contribution in [-0.2, 0) is 27.2 Å². The van der Waals surface area contributed by atoms with Crippen LogP contribution in [0, 0.1) is 0 Å². The monoisotopic (exact) mass is 454 g/mol. The Morgan fingerprint density at radius 2 is 1.88 bits per heavy atom. The van der Waals surface area contributed by atoms with Gasteiger partial charge in [-0.1, -0.05) is 12.1 Å². The van der Waals surface area contributed by atoms with E-state index in [1.807, 2.05) is 6.07 Å². The molecule has 0 saturated carbocycles. The van der Waals surface area contributed by atoms with Gasteiger partial charge in [-0.05, 0) is 48.4 Å². The highest BCUT2D eigenvalue weighted by molar-refractivity contribution is 7.81. The molecule has 0 aromatic heterocycles. The minimum Gasteiger partial charge on any atom is -0.495 e. The third-order valence-corrected chi connectivity index (χ3v) is 6.26. The molecule has 0 saturated heterocycles. The number of methoxy groups -OCH3 is 2. The minimum absolute atomic E-state index is 0.155. The second-order valence-corrected chi connectivity index (χ2v) is 8.13. The molecule has 0 bridgehead atoms. The zero-order chi connectivity index (χ0) is 23.0. The van der Waals surface area contributed by atoms with Crippen molar-refractivity contribution in [2.45, 2.75) is 12.8 Å². The summed E-state index contributed by atoms with van der Waals surface area (Å²) in [7, 11) is 4.50. The van der Waals surface area contributed by atoms with Crippen LogP contribution in [0.5, 0.6) is 5.75 Å². The molecule has 0 aliphatic carbocycles. The highest BCUT2D eigenvalue weighted by Crippen LogP contribution is 2.45. The summed E-state index contributed by atoms with van der Waals surface area (Å²) in [6.45, 7) is 0. The number of anilines is 3. The van der Waals surface area contributed by atoms with Gasteiger partial charge in [0.15, 0.2) is 0 Å². The zero-order valence-electron chi connectivity index (χ0n) is 17.8. The van der Waals surface area contributed by atoms with Gasteiger partial charge in [-0.3, -0.25) is 14.1 Å². The zero-order valence-corrected chi connectivity index (χ0v) is 18.6. The molecule has 1 atom stereocenters. The number of rotatable bonds is 7. The molecule has 9 heteroatoms. The van der Waals surface area contributed by atoms with Crippen LogP contribution in [-0.4, -0.2) is 41.9 Å². The summed E-state index contributed by atoms with van der Waals surface area (Å²) >= 11 is -2.42. The SMILES string of the molecule is COC(=O)CCc1cc2c3c(ccc(N(c4ccccc4OC)S(=O)O)c3c1)N(C)C2=O. The summed E-state index contributed by atoms with van der Waals surface area (Å²) in [6, 6.07) is 14.0. The molecule has 166 valence electrons. The number of carbonyl (C=O) groups is 2. The normalized spacial score (nSPS) is 13.4. The first-order valence-corrected chi connectivity index (χ1v) is 10.9. The van der Waals surface area contributed by atoms with Crippen molar-refractivity contribution in [2.24, 2.45) is 0 Å². The molecule has 0 radical (unpaired) electrons. The van der Waals surface area contributed by atoms with Crippen LogP contribution in [0.2, 0.25) is 0 Å². The van der Waals surface area contributed by atoms with Crippen molar-refractivity contribution in [1.82, 2.24) is 0 Å². The quantitative estimate of drug-likeness (QED) is 0.431. The summed E-state index contributed by atoms with van der Waals surface area (Å²) in [5.41, 5.74) is 2.81. The van der Waals surface area contributed by atoms with E-state index < -0.39 is 11.3 Å². The Morgan fingerprint density at radius 1 is 1.12 bits per heavy atom. The van der Waals surface area contributed by atoms with Crippen LogP contribution < -0.4 is 13.9 Å². The van der Waals surface area contributed by atoms with Gasteiger partial charge in [0.05, 0.1) is 36.8 Å². The predicted molar refractivity (Wildman–Crippen MR) is 123 cm³/mol. The molecule has 0 fully saturated rings. The number of ether oxygens (including phenoxy) is 2. The van der Waals surface area contributed by atoms with Crippen molar-refractivity contribution < 1.29 is 27.8 Å². The lowest BCUT2D eigenvalue weighted by Gasteiger charge is -2.24. The smallest absolute Gasteiger partial charge is 0.305 e. The maximum atomic E-state index is 12.9. The second-order valence-electron chi connectivity index (χ2n) is 7.31. The van der Waals surface area contributed by atoms with Gasteiger partial charge in [-0.15, -0.1) is 0 Å². The van der Waals surface area contributed by atoms with E-state index in [0.29, 0.717) is 45.6 Å². The van der Waals surface area contributed by atoms with Crippen molar-refractivity contribution in [2.75, 3.05) is 30.5 Å². The van der Waals surface area contributed by atoms with E-state index in [0.717, 1.165) is 5.56 Å². The fourth-order valence-electron chi connectivity index (χ4n) is 4.01. The molecule has 8 nitrogen and oxygen atoms in total. The second kappa shape index (κ2) is 8.60. The van der Waals surface area contributed by atoms with Crippen molar-refractivity contribution in [3.63, 3.8) is 0 Å². The number of hydrogen-bond donors (Lipinski definition) is 1. The van der Waals surface area contributed by atoms with E-state index in [9.17, 15) is 18.4 Å². The number of nitrogens with zero attached hydrogens (tertiary/aromatic N) is 2. The Morgan fingerprint density at radius 3 is 2.56 bits per heavy atom. The Balaban J connectivity index is 1.96. The maximum Gasteiger partial charge on any atom is 0.305 e. The molecule has 1 amide bonds. The van der Waals surface area contributed by atoms with E-state index in [1.165, 1.54) is 18.5 Å². The van der Waals surface area contributed by atoms with Crippen molar-refractivity contribution in [3.05, 3.63) is 59.7 Å². The molecule has 4 rings (SSSR count). The largest absolute Gasteiger partial charge is 0.495 e. The van der Waals surface area contributed by atoms with E-state index in [4.69, 9.17) is 9.47 Å². The number of benzene rings is 3. The van der Waals surface area contributed by atoms with Crippen LogP contribution >= 0.6 is 0 Å². The van der Waals surface area contributed by atoms with Crippen molar-refractivity contribution in [1.29, 1.82) is 0 Å². The fraction of sp³-hybridized carbons (Fsp3) is 0.217. The summed E-state index contributed by atoms with van der Waals surface area (Å²) in [5, 5.41) is 1.33. The van der Waals surface area contributed by atoms with Crippen LogP contribution in [0.1, 0.15) is 22.3 Å². The van der Waals surface area contributed by atoms with Crippen molar-refractivity contribution >= 4 is 51.0 Å². The average Bonchev–Trinajstić information content (AvgIpc) is 3.04. The van der Waals surface area contributed by atoms with Gasteiger partial charge in [0.25, 0.3) is 17.2 Å². The molecule has 0 spiro atoms. The first kappa shape index (κ1) is 21.8. The van der Waals surface area contributed by atoms with Crippen LogP contribution in [0.15, 0.2) is 48.5 Å². The number of hydrogen-bond acceptors (Lipinski definition) is 5. The van der Waals surface area contributed by atoms with Gasteiger partial charge >= 0.3 is 5.97 Å². The van der Waals surface area contributed by atoms with Gasteiger partial charge in [0, 0.05) is 24.2 Å². The predicted octanol–water partition coefficient (Wildman–Crippen LogP) is 3.82. The lowest BCUT2D eigenvalue weighted by Crippen LogP contribution is -2.21. The van der Waals surface area contributed by atoms with Gasteiger partial charge in [0.2, 0.25) is 0 Å². The highest BCUT2D eigenvalue weighted by Gasteiger charge is 2.31. The number of para-hydroxylation sites is 2. The van der Waals surface area contributed by atoms with E-state index in [-0.39, 0.29) is 18.3 Å². The third kappa shape index (κ3) is 3.59. The van der Waals surface area contributed by atoms with E-state index in [1.54, 1.807) is 54.4 Å². The molecule has 1 N–H and O–H groups in total. The fourth-order valence-corrected chi connectivity index (χ4v) is 4.66. The molecule has 1 aliphatic rings. The van der Waals surface area contributed by atoms with E-state index in [2.05, 4.69) is 0 Å². The number of esters is 1. The number of amides is 1. The Bertz CT molecular complexity index is 1260. The van der Waals surface area contributed by atoms with Crippen LogP contribution in [0.3, 0.4) is 0 Å². The van der Waals surface area contributed by atoms with Crippen LogP contribution in [0.25, 0.3) is 10.8 Å². The topological polar surface area (TPSA) is 96.4 Å². The minimum atomic E-state index is -2.42. The first-order chi connectivity index (χ1) is 15.4. The van der Waals surface area contributed by atoms with Gasteiger partial charge in [-0.25, -0.2) is 8.51 Å². The van der Waals surface area contributed by atoms with Gasteiger partial charge in [-0.2, -0.15) is 0 Å². The highest BCUT2D eigenvalue weighted by atomic mass is 32.2. The lowest BCUT2D eigenvalue weighted by molar-refractivity contribution is -0.140. The van der Waals surface area contributed by atoms with Crippen molar-refractivity contribution in [3.8, 4) is 5.75 Å². The molecular weight excluding hydrogens is 432 g/mol. The molecule has 3 aromatic rings. The average molecular weight is 455 g/mol. The van der Waals surface area contributed by atoms with Gasteiger partial charge in [0.1, 0.15) is 5.75 Å². The molecule has 32 heavy (non-hydrogen) atoms. The summed E-state index contributed by atoms with van der Waals surface area (Å²) in [6.07, 6.45) is 0.524. The van der Waals surface area contributed by atoms with Gasteiger partial charge < -0.3 is 14.4 Å². The summed E-state index contributed by atoms with van der Waals surface area (Å²) in [4.78, 5) is 26.1. The Labute approximate surface area is 187 Å². The Hall–Kier alpha value is -3.43. The first-order valence-electron chi connectivity index (χ1n) is 9.86. The van der Waals surface area contributed by atoms with E-state index >= 15 is 0 Å². The molecular formula is C23H22N2O6S. The molecule has 1 unspecified atom stereocenters. The molecule has 1 heterocycles. The molecule has 3 aromatic carbocycles. The molecule has 1 aliphatic heterocycles. The number of carbonyl (C=O) groups excluding carboxylic acids is 2. The summed E-state index contributed by atoms with van der Waals surface area (Å²) < 4.78 is 34.1. The Kier molecular flexibility index (Phi) is 5.86. The maximum absolute atomic E-state index is 12.9. The summed E-state index contributed by atoms with van der Waals surface area (Å²) in [5.74, 6) is -0.0978.